The van der Waals surface area contributed by atoms with Crippen LogP contribution in [0.2, 0.25) is 0 Å². The summed E-state index contributed by atoms with van der Waals surface area (Å²) in [5.41, 5.74) is 12.9. The van der Waals surface area contributed by atoms with E-state index in [-0.39, 0.29) is 17.0 Å². The number of halogens is 2. The molecule has 0 radical (unpaired) electrons. The molecular formula is C25H28F2N8. The van der Waals surface area contributed by atoms with Crippen LogP contribution in [0.4, 0.5) is 14.6 Å². The topological polar surface area (TPSA) is 90.2 Å². The molecule has 10 heteroatoms. The molecule has 0 amide bonds. The molecule has 182 valence electrons. The molecule has 1 spiro atoms. The van der Waals surface area contributed by atoms with E-state index in [0.29, 0.717) is 0 Å². The summed E-state index contributed by atoms with van der Waals surface area (Å²) in [6.07, 6.45) is 4.84. The van der Waals surface area contributed by atoms with Gasteiger partial charge in [-0.1, -0.05) is 0 Å². The first-order valence-electron chi connectivity index (χ1n) is 11.9. The van der Waals surface area contributed by atoms with E-state index in [1.165, 1.54) is 6.20 Å². The lowest BCUT2D eigenvalue weighted by atomic mass is 9.73. The Morgan fingerprint density at radius 1 is 1.14 bits per heavy atom. The predicted molar refractivity (Wildman–Crippen MR) is 128 cm³/mol. The van der Waals surface area contributed by atoms with Crippen molar-refractivity contribution in [2.45, 2.75) is 45.6 Å². The number of nitrogens with zero attached hydrogens (tertiary/aromatic N) is 7. The maximum absolute atomic E-state index is 13.2. The Bertz CT molecular complexity index is 1430. The van der Waals surface area contributed by atoms with Crippen LogP contribution in [0.25, 0.3) is 16.8 Å². The number of nitrogens with two attached hydrogens (primary N) is 1. The van der Waals surface area contributed by atoms with Crippen molar-refractivity contribution in [1.82, 2.24) is 29.4 Å². The zero-order valence-electron chi connectivity index (χ0n) is 20.0. The van der Waals surface area contributed by atoms with Crippen molar-refractivity contribution in [2.75, 3.05) is 18.0 Å². The summed E-state index contributed by atoms with van der Waals surface area (Å²) >= 11 is 0. The highest BCUT2D eigenvalue weighted by Crippen LogP contribution is 2.51. The van der Waals surface area contributed by atoms with Crippen molar-refractivity contribution in [2.24, 2.45) is 18.2 Å². The van der Waals surface area contributed by atoms with Gasteiger partial charge >= 0.3 is 0 Å². The number of piperidine rings is 1. The number of aromatic nitrogens is 6. The minimum absolute atomic E-state index is 0.0552. The molecule has 0 saturated carbocycles. The summed E-state index contributed by atoms with van der Waals surface area (Å²) < 4.78 is 30.3. The zero-order chi connectivity index (χ0) is 24.5. The van der Waals surface area contributed by atoms with Gasteiger partial charge in [-0.15, -0.1) is 0 Å². The highest BCUT2D eigenvalue weighted by molar-refractivity contribution is 5.76. The van der Waals surface area contributed by atoms with Crippen LogP contribution in [-0.2, 0) is 13.5 Å². The Hall–Kier alpha value is -3.40. The van der Waals surface area contributed by atoms with Crippen molar-refractivity contribution in [1.29, 1.82) is 0 Å². The first-order chi connectivity index (χ1) is 16.8. The molecule has 1 aliphatic heterocycles. The number of pyridine rings is 1. The maximum atomic E-state index is 13.2. The van der Waals surface area contributed by atoms with Crippen molar-refractivity contribution in [3.8, 4) is 11.3 Å². The van der Waals surface area contributed by atoms with E-state index in [4.69, 9.17) is 10.7 Å². The lowest BCUT2D eigenvalue weighted by molar-refractivity contribution is 0.150. The highest BCUT2D eigenvalue weighted by atomic mass is 19.3. The Morgan fingerprint density at radius 3 is 2.60 bits per heavy atom. The number of hydrogen-bond acceptors (Lipinski definition) is 6. The standard InChI is InChI=1S/C25H28F2N8/c1-14-21(18-13-31-33(3)15(18)2)35-20(4-7-30-35)24(32-14)34-8-5-25(6-9-34)11-19-17(22(25)28)10-16(12-29-19)23(26)27/h4,7,10,12-13,22-23H,5-6,8-9,11,28H2,1-3H3/t22-/m1/s1. The minimum Gasteiger partial charge on any atom is -0.355 e. The number of alkyl halides is 2. The van der Waals surface area contributed by atoms with Gasteiger partial charge in [0.05, 0.1) is 23.8 Å². The number of anilines is 1. The van der Waals surface area contributed by atoms with Crippen molar-refractivity contribution in [3.05, 3.63) is 58.9 Å². The van der Waals surface area contributed by atoms with E-state index in [2.05, 4.69) is 20.1 Å². The second-order valence-corrected chi connectivity index (χ2v) is 9.87. The summed E-state index contributed by atoms with van der Waals surface area (Å²) in [6, 6.07) is 3.26. The molecule has 1 atom stereocenters. The van der Waals surface area contributed by atoms with Crippen LogP contribution in [0.1, 0.15) is 53.5 Å². The molecule has 2 aliphatic rings. The van der Waals surface area contributed by atoms with E-state index >= 15 is 0 Å². The van der Waals surface area contributed by atoms with Crippen LogP contribution in [0.5, 0.6) is 0 Å². The Labute approximate surface area is 201 Å². The average Bonchev–Trinajstić information content (AvgIpc) is 3.52. The summed E-state index contributed by atoms with van der Waals surface area (Å²) in [6.45, 7) is 5.61. The van der Waals surface area contributed by atoms with Crippen LogP contribution >= 0.6 is 0 Å². The molecule has 1 aliphatic carbocycles. The number of rotatable bonds is 3. The fourth-order valence-corrected chi connectivity index (χ4v) is 5.83. The molecule has 5 heterocycles. The van der Waals surface area contributed by atoms with Gasteiger partial charge in [0.1, 0.15) is 5.52 Å². The normalized spacial score (nSPS) is 19.3. The van der Waals surface area contributed by atoms with Gasteiger partial charge in [-0.05, 0) is 56.2 Å². The van der Waals surface area contributed by atoms with Gasteiger partial charge in [0.15, 0.2) is 5.82 Å². The molecule has 0 aromatic carbocycles. The Morgan fingerprint density at radius 2 is 1.91 bits per heavy atom. The molecule has 1 fully saturated rings. The van der Waals surface area contributed by atoms with Crippen LogP contribution in [-0.4, -0.2) is 42.5 Å². The molecule has 0 bridgehead atoms. The first kappa shape index (κ1) is 22.1. The molecule has 1 saturated heterocycles. The monoisotopic (exact) mass is 478 g/mol. The highest BCUT2D eigenvalue weighted by Gasteiger charge is 2.47. The van der Waals surface area contributed by atoms with Crippen LogP contribution in [0.15, 0.2) is 30.7 Å². The van der Waals surface area contributed by atoms with Gasteiger partial charge in [-0.2, -0.15) is 10.2 Å². The van der Waals surface area contributed by atoms with Gasteiger partial charge in [0.2, 0.25) is 0 Å². The fraction of sp³-hybridized carbons (Fsp3) is 0.440. The number of aryl methyl sites for hydroxylation is 2. The molecule has 35 heavy (non-hydrogen) atoms. The number of hydrogen-bond donors (Lipinski definition) is 1. The SMILES string of the molecule is Cc1nc(N2CCC3(CC2)Cc2ncc(C(F)F)cc2[C@H]3N)c2ccnn2c1-c1cnn(C)c1C. The summed E-state index contributed by atoms with van der Waals surface area (Å²) in [5.74, 6) is 0.905. The average molecular weight is 479 g/mol. The second kappa shape index (κ2) is 7.81. The van der Waals surface area contributed by atoms with E-state index in [1.54, 1.807) is 12.3 Å². The van der Waals surface area contributed by atoms with Gasteiger partial charge in [-0.25, -0.2) is 18.3 Å². The fourth-order valence-electron chi connectivity index (χ4n) is 5.83. The Kier molecular flexibility index (Phi) is 4.93. The molecular weight excluding hydrogens is 450 g/mol. The van der Waals surface area contributed by atoms with E-state index < -0.39 is 6.43 Å². The van der Waals surface area contributed by atoms with Crippen molar-refractivity contribution in [3.63, 3.8) is 0 Å². The lowest BCUT2D eigenvalue weighted by Gasteiger charge is -2.42. The van der Waals surface area contributed by atoms with E-state index in [1.807, 2.05) is 42.4 Å². The molecule has 8 nitrogen and oxygen atoms in total. The molecule has 0 unspecified atom stereocenters. The zero-order valence-corrected chi connectivity index (χ0v) is 20.0. The summed E-state index contributed by atoms with van der Waals surface area (Å²) in [7, 11) is 1.93. The first-order valence-corrected chi connectivity index (χ1v) is 11.9. The summed E-state index contributed by atoms with van der Waals surface area (Å²) in [5, 5.41) is 9.01. The van der Waals surface area contributed by atoms with Crippen LogP contribution in [0, 0.1) is 19.3 Å². The molecule has 4 aromatic heterocycles. The van der Waals surface area contributed by atoms with Gasteiger partial charge in [0.25, 0.3) is 6.43 Å². The predicted octanol–water partition coefficient (Wildman–Crippen LogP) is 3.92. The quantitative estimate of drug-likeness (QED) is 0.480. The molecule has 6 rings (SSSR count). The maximum Gasteiger partial charge on any atom is 0.265 e. The van der Waals surface area contributed by atoms with E-state index in [9.17, 15) is 8.78 Å². The second-order valence-electron chi connectivity index (χ2n) is 9.87. The smallest absolute Gasteiger partial charge is 0.265 e. The number of fused-ring (bicyclic) bond motifs is 2. The van der Waals surface area contributed by atoms with Crippen molar-refractivity contribution >= 4 is 11.3 Å². The lowest BCUT2D eigenvalue weighted by Crippen LogP contribution is -2.44. The third-order valence-electron chi connectivity index (χ3n) is 8.04. The van der Waals surface area contributed by atoms with E-state index in [0.717, 1.165) is 77.6 Å². The van der Waals surface area contributed by atoms with Crippen molar-refractivity contribution < 1.29 is 8.78 Å². The minimum atomic E-state index is -2.54. The third-order valence-corrected chi connectivity index (χ3v) is 8.04. The summed E-state index contributed by atoms with van der Waals surface area (Å²) in [4.78, 5) is 11.7. The third kappa shape index (κ3) is 3.26. The van der Waals surface area contributed by atoms with Crippen LogP contribution in [0.3, 0.4) is 0 Å². The van der Waals surface area contributed by atoms with Gasteiger partial charge in [-0.3, -0.25) is 9.67 Å². The molecule has 2 N–H and O–H groups in total. The largest absolute Gasteiger partial charge is 0.355 e. The van der Waals surface area contributed by atoms with Crippen LogP contribution < -0.4 is 10.6 Å². The molecule has 4 aromatic rings. The van der Waals surface area contributed by atoms with Gasteiger partial charge in [0, 0.05) is 54.9 Å². The Balaban J connectivity index is 1.30. The van der Waals surface area contributed by atoms with Gasteiger partial charge < -0.3 is 10.6 Å².